The fraction of sp³-hybridized carbons (Fsp3) is 0.471. The number of para-hydroxylation sites is 2. The van der Waals surface area contributed by atoms with Gasteiger partial charge in [-0.05, 0) is 26.1 Å². The monoisotopic (exact) mass is 342 g/mol. The molecule has 0 saturated carbocycles. The molecule has 1 unspecified atom stereocenters. The highest BCUT2D eigenvalue weighted by molar-refractivity contribution is 5.76. The van der Waals surface area contributed by atoms with Crippen LogP contribution in [0, 0.1) is 0 Å². The van der Waals surface area contributed by atoms with E-state index in [1.54, 1.807) is 9.13 Å². The minimum absolute atomic E-state index is 0.0556. The van der Waals surface area contributed by atoms with E-state index in [1.165, 1.54) is 0 Å². The largest absolute Gasteiger partial charge is 0.337 e. The first-order chi connectivity index (χ1) is 12.2. The van der Waals surface area contributed by atoms with Gasteiger partial charge < -0.3 is 9.84 Å². The highest BCUT2D eigenvalue weighted by atomic mass is 16.5. The van der Waals surface area contributed by atoms with Crippen molar-refractivity contribution in [1.82, 2.24) is 29.5 Å². The van der Waals surface area contributed by atoms with Gasteiger partial charge in [0.15, 0.2) is 5.82 Å². The second-order valence-corrected chi connectivity index (χ2v) is 6.35. The number of nitrogens with one attached hydrogen (secondary N) is 1. The molecule has 1 aliphatic heterocycles. The number of nitrogens with zero attached hydrogens (tertiary/aromatic N) is 5. The van der Waals surface area contributed by atoms with Crippen LogP contribution in [0.4, 0.5) is 0 Å². The fourth-order valence-electron chi connectivity index (χ4n) is 3.43. The molecule has 2 aromatic heterocycles. The Morgan fingerprint density at radius 3 is 2.76 bits per heavy atom. The molecule has 3 heterocycles. The van der Waals surface area contributed by atoms with Crippen molar-refractivity contribution in [3.05, 3.63) is 46.5 Å². The zero-order valence-corrected chi connectivity index (χ0v) is 14.5. The lowest BCUT2D eigenvalue weighted by molar-refractivity contribution is 0.190. The molecule has 25 heavy (non-hydrogen) atoms. The average molecular weight is 342 g/mol. The molecule has 0 aliphatic carbocycles. The predicted molar refractivity (Wildman–Crippen MR) is 93.5 cm³/mol. The van der Waals surface area contributed by atoms with Gasteiger partial charge in [-0.15, -0.1) is 0 Å². The topological polar surface area (TPSA) is 81.1 Å². The normalized spacial score (nSPS) is 18.9. The van der Waals surface area contributed by atoms with Gasteiger partial charge in [0.05, 0.1) is 17.1 Å². The van der Waals surface area contributed by atoms with E-state index in [-0.39, 0.29) is 18.3 Å². The molecular formula is C17H22N6O2. The molecule has 0 amide bonds. The Bertz CT molecular complexity index is 940. The van der Waals surface area contributed by atoms with Crippen molar-refractivity contribution in [2.24, 2.45) is 0 Å². The molecular weight excluding hydrogens is 320 g/mol. The minimum atomic E-state index is -0.0556. The first-order valence-corrected chi connectivity index (χ1v) is 8.60. The molecule has 4 rings (SSSR count). The summed E-state index contributed by atoms with van der Waals surface area (Å²) < 4.78 is 8.88. The van der Waals surface area contributed by atoms with Gasteiger partial charge in [0.2, 0.25) is 5.89 Å². The van der Waals surface area contributed by atoms with Crippen LogP contribution in [-0.2, 0) is 13.1 Å². The summed E-state index contributed by atoms with van der Waals surface area (Å²) >= 11 is 0. The maximum atomic E-state index is 12.7. The van der Waals surface area contributed by atoms with E-state index in [2.05, 4.69) is 27.4 Å². The zero-order chi connectivity index (χ0) is 17.4. The minimum Gasteiger partial charge on any atom is -0.337 e. The summed E-state index contributed by atoms with van der Waals surface area (Å²) in [7, 11) is 2.06. The van der Waals surface area contributed by atoms with Crippen molar-refractivity contribution in [1.29, 1.82) is 0 Å². The molecule has 0 spiro atoms. The number of likely N-dealkylation sites (N-methyl/N-ethyl adjacent to an activating group) is 1. The first-order valence-electron chi connectivity index (χ1n) is 8.60. The average Bonchev–Trinajstić information content (AvgIpc) is 3.19. The fourth-order valence-corrected chi connectivity index (χ4v) is 3.43. The van der Waals surface area contributed by atoms with E-state index >= 15 is 0 Å². The highest BCUT2D eigenvalue weighted by Gasteiger charge is 2.25. The summed E-state index contributed by atoms with van der Waals surface area (Å²) in [4.78, 5) is 19.4. The second kappa shape index (κ2) is 6.45. The van der Waals surface area contributed by atoms with E-state index in [0.717, 1.165) is 30.7 Å². The third-order valence-corrected chi connectivity index (χ3v) is 4.83. The number of imidazole rings is 1. The van der Waals surface area contributed by atoms with Crippen molar-refractivity contribution >= 4 is 11.0 Å². The Morgan fingerprint density at radius 2 is 2.04 bits per heavy atom. The quantitative estimate of drug-likeness (QED) is 0.756. The van der Waals surface area contributed by atoms with Gasteiger partial charge in [0, 0.05) is 26.2 Å². The Hall–Kier alpha value is -2.45. The van der Waals surface area contributed by atoms with Crippen LogP contribution in [0.25, 0.3) is 11.0 Å². The number of hydrogen-bond acceptors (Lipinski definition) is 6. The molecule has 0 radical (unpaired) electrons. The van der Waals surface area contributed by atoms with Gasteiger partial charge in [0.1, 0.15) is 6.54 Å². The Kier molecular flexibility index (Phi) is 4.14. The summed E-state index contributed by atoms with van der Waals surface area (Å²) in [5, 5.41) is 7.48. The van der Waals surface area contributed by atoms with Crippen LogP contribution < -0.4 is 11.0 Å². The van der Waals surface area contributed by atoms with Crippen molar-refractivity contribution in [3.8, 4) is 0 Å². The number of rotatable bonds is 4. The second-order valence-electron chi connectivity index (χ2n) is 6.35. The molecule has 1 N–H and O–H groups in total. The number of aryl methyl sites for hydroxylation is 1. The number of fused-ring (bicyclic) bond motifs is 1. The van der Waals surface area contributed by atoms with Gasteiger partial charge in [-0.2, -0.15) is 4.98 Å². The van der Waals surface area contributed by atoms with Gasteiger partial charge in [-0.1, -0.05) is 17.3 Å². The summed E-state index contributed by atoms with van der Waals surface area (Å²) in [6.07, 6.45) is 0. The third-order valence-electron chi connectivity index (χ3n) is 4.83. The number of benzene rings is 1. The van der Waals surface area contributed by atoms with Crippen LogP contribution in [0.3, 0.4) is 0 Å². The smallest absolute Gasteiger partial charge is 0.329 e. The van der Waals surface area contributed by atoms with Crippen LogP contribution in [0.15, 0.2) is 33.6 Å². The van der Waals surface area contributed by atoms with Crippen LogP contribution in [0.2, 0.25) is 0 Å². The van der Waals surface area contributed by atoms with Crippen molar-refractivity contribution in [2.75, 3.05) is 26.7 Å². The van der Waals surface area contributed by atoms with Crippen LogP contribution >= 0.6 is 0 Å². The molecule has 1 atom stereocenters. The molecule has 1 fully saturated rings. The maximum absolute atomic E-state index is 12.7. The predicted octanol–water partition coefficient (Wildman–Crippen LogP) is 0.830. The van der Waals surface area contributed by atoms with Gasteiger partial charge in [-0.3, -0.25) is 14.0 Å². The van der Waals surface area contributed by atoms with Gasteiger partial charge in [0.25, 0.3) is 0 Å². The number of hydrogen-bond donors (Lipinski definition) is 1. The summed E-state index contributed by atoms with van der Waals surface area (Å²) in [6, 6.07) is 7.87. The van der Waals surface area contributed by atoms with Crippen LogP contribution in [0.5, 0.6) is 0 Å². The van der Waals surface area contributed by atoms with Crippen molar-refractivity contribution < 1.29 is 4.52 Å². The van der Waals surface area contributed by atoms with Gasteiger partial charge >= 0.3 is 5.69 Å². The lowest BCUT2D eigenvalue weighted by atomic mass is 10.2. The molecule has 1 aromatic carbocycles. The SMILES string of the molecule is CCn1c(=O)n(Cc2nc(C3CNCCN3C)no2)c2ccccc21. The van der Waals surface area contributed by atoms with Crippen molar-refractivity contribution in [2.45, 2.75) is 26.1 Å². The molecule has 132 valence electrons. The molecule has 8 nitrogen and oxygen atoms in total. The summed E-state index contributed by atoms with van der Waals surface area (Å²) in [6.45, 7) is 5.57. The highest BCUT2D eigenvalue weighted by Crippen LogP contribution is 2.19. The Morgan fingerprint density at radius 1 is 1.28 bits per heavy atom. The first kappa shape index (κ1) is 16.0. The number of piperazine rings is 1. The maximum Gasteiger partial charge on any atom is 0.329 e. The number of aromatic nitrogens is 4. The Labute approximate surface area is 145 Å². The standard InChI is InChI=1S/C17H22N6O2/c1-3-22-12-6-4-5-7-13(12)23(17(22)24)11-15-19-16(20-25-15)14-10-18-8-9-21(14)2/h4-7,14,18H,3,8-11H2,1-2H3. The van der Waals surface area contributed by atoms with Crippen molar-refractivity contribution in [3.63, 3.8) is 0 Å². The Balaban J connectivity index is 1.66. The molecule has 0 bridgehead atoms. The van der Waals surface area contributed by atoms with E-state index in [9.17, 15) is 4.79 Å². The summed E-state index contributed by atoms with van der Waals surface area (Å²) in [5.74, 6) is 1.12. The zero-order valence-electron chi connectivity index (χ0n) is 14.5. The lowest BCUT2D eigenvalue weighted by Crippen LogP contribution is -2.44. The molecule has 3 aromatic rings. The van der Waals surface area contributed by atoms with E-state index in [4.69, 9.17) is 4.52 Å². The molecule has 1 saturated heterocycles. The third kappa shape index (κ3) is 2.77. The lowest BCUT2D eigenvalue weighted by Gasteiger charge is -2.30. The molecule has 1 aliphatic rings. The van der Waals surface area contributed by atoms with E-state index in [1.807, 2.05) is 31.2 Å². The van der Waals surface area contributed by atoms with E-state index < -0.39 is 0 Å². The van der Waals surface area contributed by atoms with Gasteiger partial charge in [-0.25, -0.2) is 4.79 Å². The van der Waals surface area contributed by atoms with Crippen LogP contribution in [0.1, 0.15) is 24.7 Å². The summed E-state index contributed by atoms with van der Waals surface area (Å²) in [5.41, 5.74) is 1.75. The van der Waals surface area contributed by atoms with Crippen LogP contribution in [-0.4, -0.2) is 50.9 Å². The molecule has 8 heteroatoms. The van der Waals surface area contributed by atoms with E-state index in [0.29, 0.717) is 18.3 Å².